The molecule has 0 radical (unpaired) electrons. The first-order chi connectivity index (χ1) is 15.3. The second-order valence-corrected chi connectivity index (χ2v) is 10.0. The number of carboxylic acids is 1. The fourth-order valence-corrected chi connectivity index (χ4v) is 5.03. The van der Waals surface area contributed by atoms with E-state index in [0.29, 0.717) is 17.5 Å². The van der Waals surface area contributed by atoms with Crippen molar-refractivity contribution in [1.82, 2.24) is 4.57 Å². The van der Waals surface area contributed by atoms with E-state index in [2.05, 4.69) is 9.47 Å². The minimum Gasteiger partial charge on any atom is -0.479 e. The van der Waals surface area contributed by atoms with Crippen LogP contribution in [0.15, 0.2) is 18.2 Å². The Labute approximate surface area is 196 Å². The van der Waals surface area contributed by atoms with Crippen molar-refractivity contribution >= 4 is 34.2 Å². The van der Waals surface area contributed by atoms with Crippen LogP contribution >= 0.6 is 11.6 Å². The largest absolute Gasteiger partial charge is 0.479 e. The van der Waals surface area contributed by atoms with Gasteiger partial charge in [-0.05, 0) is 58.4 Å². The number of carboxylic acid groups (broad SMARTS) is 1. The van der Waals surface area contributed by atoms with Gasteiger partial charge in [0.15, 0.2) is 6.10 Å². The Bertz CT molecular complexity index is 1270. The zero-order valence-electron chi connectivity index (χ0n) is 19.5. The molecule has 0 amide bonds. The Kier molecular flexibility index (Phi) is 5.69. The van der Waals surface area contributed by atoms with E-state index in [9.17, 15) is 9.90 Å². The van der Waals surface area contributed by atoms with Crippen molar-refractivity contribution < 1.29 is 23.4 Å². The summed E-state index contributed by atoms with van der Waals surface area (Å²) in [7, 11) is 1.93. The van der Waals surface area contributed by atoms with E-state index in [0.717, 1.165) is 35.6 Å². The first-order valence-corrected chi connectivity index (χ1v) is 11.1. The van der Waals surface area contributed by atoms with Gasteiger partial charge in [0.25, 0.3) is 0 Å². The van der Waals surface area contributed by atoms with E-state index in [-0.39, 0.29) is 21.7 Å². The molecule has 0 unspecified atom stereocenters. The highest BCUT2D eigenvalue weighted by molar-refractivity contribution is 6.30. The number of nitrogens with zero attached hydrogens (tertiary/aromatic N) is 2. The van der Waals surface area contributed by atoms with Crippen LogP contribution in [0, 0.1) is 25.5 Å². The fraction of sp³-hybridized carbons (Fsp3) is 0.400. The van der Waals surface area contributed by atoms with Gasteiger partial charge in [0.05, 0.1) is 22.4 Å². The summed E-state index contributed by atoms with van der Waals surface area (Å²) in [5.41, 5.74) is 2.51. The second-order valence-electron chi connectivity index (χ2n) is 9.58. The molecular formula is C25H27ClF2N2O3. The number of aryl methyl sites for hydroxylation is 1. The molecule has 0 saturated carbocycles. The van der Waals surface area contributed by atoms with E-state index in [1.165, 1.54) is 0 Å². The highest BCUT2D eigenvalue weighted by atomic mass is 35.5. The van der Waals surface area contributed by atoms with Gasteiger partial charge in [-0.15, -0.1) is 0 Å². The zero-order chi connectivity index (χ0) is 24.4. The average Bonchev–Trinajstić information content (AvgIpc) is 3.00. The highest BCUT2D eigenvalue weighted by Crippen LogP contribution is 2.48. The fourth-order valence-electron chi connectivity index (χ4n) is 4.84. The summed E-state index contributed by atoms with van der Waals surface area (Å²) in [6.07, 6.45) is -1.44. The van der Waals surface area contributed by atoms with Crippen LogP contribution in [0.1, 0.15) is 43.7 Å². The first kappa shape index (κ1) is 23.5. The number of likely N-dealkylation sites (N-methyl/N-ethyl adjacent to an activating group) is 1. The van der Waals surface area contributed by atoms with Gasteiger partial charge in [0.1, 0.15) is 11.6 Å². The van der Waals surface area contributed by atoms with Gasteiger partial charge in [-0.3, -0.25) is 0 Å². The van der Waals surface area contributed by atoms with E-state index >= 15 is 8.78 Å². The number of rotatable bonds is 4. The molecule has 0 fully saturated rings. The van der Waals surface area contributed by atoms with Gasteiger partial charge in [0, 0.05) is 47.4 Å². The monoisotopic (exact) mass is 476 g/mol. The molecular weight excluding hydrogens is 450 g/mol. The molecule has 1 aromatic heterocycles. The number of halogens is 3. The van der Waals surface area contributed by atoms with Crippen LogP contribution in [0.2, 0.25) is 5.02 Å². The molecule has 0 aliphatic carbocycles. The molecule has 8 heteroatoms. The molecule has 0 spiro atoms. The van der Waals surface area contributed by atoms with Crippen molar-refractivity contribution in [2.45, 2.75) is 52.9 Å². The zero-order valence-corrected chi connectivity index (χ0v) is 20.3. The molecule has 0 bridgehead atoms. The lowest BCUT2D eigenvalue weighted by Gasteiger charge is -2.34. The minimum absolute atomic E-state index is 0.0739. The number of aromatic nitrogens is 1. The van der Waals surface area contributed by atoms with Crippen molar-refractivity contribution in [1.29, 1.82) is 0 Å². The Morgan fingerprint density at radius 2 is 1.73 bits per heavy atom. The second kappa shape index (κ2) is 7.99. The molecule has 0 saturated heterocycles. The van der Waals surface area contributed by atoms with Gasteiger partial charge in [-0.25, -0.2) is 13.6 Å². The molecule has 33 heavy (non-hydrogen) atoms. The van der Waals surface area contributed by atoms with Crippen LogP contribution in [0.25, 0.3) is 22.0 Å². The Morgan fingerprint density at radius 3 is 2.27 bits per heavy atom. The maximum Gasteiger partial charge on any atom is 0.337 e. The van der Waals surface area contributed by atoms with E-state index in [4.69, 9.17) is 16.3 Å². The molecule has 1 aliphatic rings. The van der Waals surface area contributed by atoms with Gasteiger partial charge in [-0.2, -0.15) is 0 Å². The van der Waals surface area contributed by atoms with Gasteiger partial charge >= 0.3 is 5.97 Å². The highest BCUT2D eigenvalue weighted by Gasteiger charge is 2.36. The summed E-state index contributed by atoms with van der Waals surface area (Å²) >= 11 is 5.89. The lowest BCUT2D eigenvalue weighted by molar-refractivity contribution is -0.160. The predicted octanol–water partition coefficient (Wildman–Crippen LogP) is 6.25. The Balaban J connectivity index is 2.23. The lowest BCUT2D eigenvalue weighted by Crippen LogP contribution is -2.31. The molecule has 5 nitrogen and oxygen atoms in total. The van der Waals surface area contributed by atoms with Crippen LogP contribution in [-0.2, 0) is 16.1 Å². The number of hydrogen-bond acceptors (Lipinski definition) is 3. The number of carbonyl (C=O) groups is 1. The molecule has 1 N–H and O–H groups in total. The molecule has 2 aromatic carbocycles. The van der Waals surface area contributed by atoms with Crippen LogP contribution < -0.4 is 4.90 Å². The van der Waals surface area contributed by atoms with Gasteiger partial charge in [-0.1, -0.05) is 11.6 Å². The maximum atomic E-state index is 15.3. The molecule has 176 valence electrons. The van der Waals surface area contributed by atoms with Crippen LogP contribution in [0.5, 0.6) is 0 Å². The summed E-state index contributed by atoms with van der Waals surface area (Å²) < 4.78 is 38.7. The molecule has 1 atom stereocenters. The molecule has 2 heterocycles. The summed E-state index contributed by atoms with van der Waals surface area (Å²) in [5.74, 6) is -2.94. The molecule has 1 aliphatic heterocycles. The third kappa shape index (κ3) is 3.87. The quantitative estimate of drug-likeness (QED) is 0.483. The van der Waals surface area contributed by atoms with Crippen LogP contribution in [0.3, 0.4) is 0 Å². The Hall–Kier alpha value is -2.64. The standard InChI is InChI=1S/C25H27ClF2N2O3/c1-12-9-15-19(20-16(27)10-14(26)11-17(20)28)18(23(24(31)32)33-25(3,4)5)13(2)21-22(15)30(12)8-7-29(21)6/h9-11,23H,7-8H2,1-6H3,(H,31,32)/t23-/m0/s1. The number of benzene rings is 2. The summed E-state index contributed by atoms with van der Waals surface area (Å²) in [6.45, 7) is 10.4. The SMILES string of the molecule is Cc1c([C@H](OC(C)(C)C)C(=O)O)c(-c2c(F)cc(Cl)cc2F)c2cc(C)n3c2c1N(C)CC3. The number of hydrogen-bond donors (Lipinski definition) is 1. The molecule has 4 rings (SSSR count). The van der Waals surface area contributed by atoms with Crippen molar-refractivity contribution in [3.05, 3.63) is 51.7 Å². The van der Waals surface area contributed by atoms with Crippen molar-refractivity contribution in [3.8, 4) is 11.1 Å². The van der Waals surface area contributed by atoms with Gasteiger partial charge in [0.2, 0.25) is 0 Å². The van der Waals surface area contributed by atoms with Crippen molar-refractivity contribution in [3.63, 3.8) is 0 Å². The summed E-state index contributed by atoms with van der Waals surface area (Å²) in [5, 5.41) is 10.7. The third-order valence-electron chi connectivity index (χ3n) is 6.08. The van der Waals surface area contributed by atoms with Crippen LogP contribution in [0.4, 0.5) is 14.5 Å². The topological polar surface area (TPSA) is 54.7 Å². The Morgan fingerprint density at radius 1 is 1.12 bits per heavy atom. The van der Waals surface area contributed by atoms with E-state index in [1.807, 2.05) is 20.0 Å². The van der Waals surface area contributed by atoms with Crippen LogP contribution in [-0.4, -0.2) is 34.8 Å². The summed E-state index contributed by atoms with van der Waals surface area (Å²) in [6, 6.07) is 3.95. The minimum atomic E-state index is -1.44. The smallest absolute Gasteiger partial charge is 0.337 e. The lowest BCUT2D eigenvalue weighted by atomic mass is 9.86. The third-order valence-corrected chi connectivity index (χ3v) is 6.30. The molecule has 3 aromatic rings. The average molecular weight is 477 g/mol. The number of aliphatic carboxylic acids is 1. The van der Waals surface area contributed by atoms with E-state index < -0.39 is 29.3 Å². The van der Waals surface area contributed by atoms with Crippen molar-refractivity contribution in [2.75, 3.05) is 18.5 Å². The summed E-state index contributed by atoms with van der Waals surface area (Å²) in [4.78, 5) is 14.5. The first-order valence-electron chi connectivity index (χ1n) is 10.7. The maximum absolute atomic E-state index is 15.3. The normalized spacial score (nSPS) is 14.8. The predicted molar refractivity (Wildman–Crippen MR) is 126 cm³/mol. The number of ether oxygens (including phenoxy) is 1. The number of anilines is 1. The van der Waals surface area contributed by atoms with Crippen molar-refractivity contribution in [2.24, 2.45) is 0 Å². The van der Waals surface area contributed by atoms with E-state index in [1.54, 1.807) is 27.7 Å². The van der Waals surface area contributed by atoms with Gasteiger partial charge < -0.3 is 19.3 Å².